The van der Waals surface area contributed by atoms with Crippen molar-refractivity contribution in [3.05, 3.63) is 53.2 Å². The van der Waals surface area contributed by atoms with Gasteiger partial charge in [-0.25, -0.2) is 13.1 Å². The first-order valence-electron chi connectivity index (χ1n) is 6.98. The van der Waals surface area contributed by atoms with E-state index in [4.69, 9.17) is 4.42 Å². The summed E-state index contributed by atoms with van der Waals surface area (Å²) in [5, 5.41) is 9.71. The van der Waals surface area contributed by atoms with Gasteiger partial charge in [-0.2, -0.15) is 0 Å². The maximum atomic E-state index is 12.0. The summed E-state index contributed by atoms with van der Waals surface area (Å²) < 4.78 is 32.4. The molecule has 1 aromatic carbocycles. The largest absolute Gasteiger partial charge is 0.421 e. The van der Waals surface area contributed by atoms with Gasteiger partial charge in [-0.1, -0.05) is 24.3 Å². The Morgan fingerprint density at radius 3 is 2.74 bits per heavy atom. The number of rotatable bonds is 6. The van der Waals surface area contributed by atoms with Crippen molar-refractivity contribution >= 4 is 21.4 Å². The van der Waals surface area contributed by atoms with Crippen LogP contribution in [0.1, 0.15) is 11.5 Å². The minimum Gasteiger partial charge on any atom is -0.421 e. The fourth-order valence-electron chi connectivity index (χ4n) is 2.06. The Balaban J connectivity index is 1.63. The van der Waals surface area contributed by atoms with E-state index in [-0.39, 0.29) is 6.54 Å². The smallest absolute Gasteiger partial charge is 0.250 e. The van der Waals surface area contributed by atoms with Crippen molar-refractivity contribution in [2.45, 2.75) is 17.6 Å². The molecule has 0 atom stereocenters. The van der Waals surface area contributed by atoms with E-state index in [0.717, 1.165) is 11.1 Å². The molecule has 1 N–H and O–H groups in total. The van der Waals surface area contributed by atoms with E-state index in [1.54, 1.807) is 17.5 Å². The molecule has 8 heteroatoms. The molecule has 0 unspecified atom stereocenters. The Kier molecular flexibility index (Phi) is 4.56. The third-order valence-corrected chi connectivity index (χ3v) is 6.09. The highest BCUT2D eigenvalue weighted by molar-refractivity contribution is 7.91. The Labute approximate surface area is 138 Å². The third-order valence-electron chi connectivity index (χ3n) is 3.23. The van der Waals surface area contributed by atoms with Crippen LogP contribution in [0.2, 0.25) is 0 Å². The van der Waals surface area contributed by atoms with E-state index in [1.165, 1.54) is 11.3 Å². The van der Waals surface area contributed by atoms with Crippen molar-refractivity contribution in [3.8, 4) is 11.5 Å². The van der Waals surface area contributed by atoms with Crippen molar-refractivity contribution in [3.63, 3.8) is 0 Å². The van der Waals surface area contributed by atoms with E-state index in [1.807, 2.05) is 31.2 Å². The zero-order valence-electron chi connectivity index (χ0n) is 12.4. The van der Waals surface area contributed by atoms with Gasteiger partial charge in [0.15, 0.2) is 0 Å². The van der Waals surface area contributed by atoms with E-state index in [0.29, 0.717) is 22.4 Å². The van der Waals surface area contributed by atoms with Crippen LogP contribution in [0.3, 0.4) is 0 Å². The van der Waals surface area contributed by atoms with Crippen LogP contribution in [0.25, 0.3) is 11.5 Å². The fraction of sp³-hybridized carbons (Fsp3) is 0.200. The molecule has 0 aliphatic rings. The molecular weight excluding hydrogens is 334 g/mol. The molecule has 0 saturated carbocycles. The highest BCUT2D eigenvalue weighted by Gasteiger charge is 2.15. The van der Waals surface area contributed by atoms with Gasteiger partial charge in [-0.3, -0.25) is 0 Å². The molecule has 3 rings (SSSR count). The monoisotopic (exact) mass is 349 g/mol. The number of hydrogen-bond donors (Lipinski definition) is 1. The molecule has 0 saturated heterocycles. The Hall–Kier alpha value is -2.03. The normalized spacial score (nSPS) is 11.7. The molecule has 2 heterocycles. The molecule has 0 aliphatic carbocycles. The first-order valence-corrected chi connectivity index (χ1v) is 9.34. The lowest BCUT2D eigenvalue weighted by Crippen LogP contribution is -2.25. The van der Waals surface area contributed by atoms with E-state index >= 15 is 0 Å². The lowest BCUT2D eigenvalue weighted by Gasteiger charge is -2.02. The van der Waals surface area contributed by atoms with Gasteiger partial charge in [-0.05, 0) is 30.0 Å². The summed E-state index contributed by atoms with van der Waals surface area (Å²) in [6.07, 6.45) is 0.337. The highest BCUT2D eigenvalue weighted by atomic mass is 32.2. The number of nitrogens with one attached hydrogen (secondary N) is 1. The molecule has 0 aliphatic heterocycles. The number of thiophene rings is 1. The van der Waals surface area contributed by atoms with Gasteiger partial charge in [0, 0.05) is 18.5 Å². The van der Waals surface area contributed by atoms with E-state index in [9.17, 15) is 8.42 Å². The van der Waals surface area contributed by atoms with Crippen molar-refractivity contribution in [2.75, 3.05) is 6.54 Å². The van der Waals surface area contributed by atoms with E-state index in [2.05, 4.69) is 14.9 Å². The van der Waals surface area contributed by atoms with Crippen LogP contribution in [-0.4, -0.2) is 25.2 Å². The number of benzene rings is 1. The van der Waals surface area contributed by atoms with Gasteiger partial charge in [0.1, 0.15) is 4.21 Å². The molecule has 6 nitrogen and oxygen atoms in total. The lowest BCUT2D eigenvalue weighted by molar-refractivity contribution is 0.502. The predicted molar refractivity (Wildman–Crippen MR) is 87.7 cm³/mol. The zero-order valence-corrected chi connectivity index (χ0v) is 14.0. The van der Waals surface area contributed by atoms with Crippen LogP contribution < -0.4 is 4.72 Å². The topological polar surface area (TPSA) is 85.1 Å². The van der Waals surface area contributed by atoms with Gasteiger partial charge in [0.25, 0.3) is 0 Å². The molecule has 0 fully saturated rings. The molecule has 2 aromatic heterocycles. The summed E-state index contributed by atoms with van der Waals surface area (Å²) in [4.78, 5) is 0. The van der Waals surface area contributed by atoms with Gasteiger partial charge in [0.05, 0.1) is 0 Å². The first kappa shape index (κ1) is 15.9. The van der Waals surface area contributed by atoms with Gasteiger partial charge >= 0.3 is 0 Å². The molecule has 0 radical (unpaired) electrons. The van der Waals surface area contributed by atoms with E-state index < -0.39 is 10.0 Å². The van der Waals surface area contributed by atoms with Crippen molar-refractivity contribution in [1.82, 2.24) is 14.9 Å². The predicted octanol–water partition coefficient (Wildman–Crippen LogP) is 2.63. The minimum atomic E-state index is -3.46. The van der Waals surface area contributed by atoms with Gasteiger partial charge in [0.2, 0.25) is 21.8 Å². The molecule has 120 valence electrons. The van der Waals surface area contributed by atoms with Crippen molar-refractivity contribution in [2.24, 2.45) is 0 Å². The summed E-state index contributed by atoms with van der Waals surface area (Å²) in [6, 6.07) is 11.0. The zero-order chi connectivity index (χ0) is 16.3. The number of aryl methyl sites for hydroxylation is 1. The van der Waals surface area contributed by atoms with Crippen LogP contribution in [0, 0.1) is 6.92 Å². The molecule has 0 amide bonds. The minimum absolute atomic E-state index is 0.204. The maximum Gasteiger partial charge on any atom is 0.250 e. The molecule has 23 heavy (non-hydrogen) atoms. The van der Waals surface area contributed by atoms with Crippen LogP contribution in [0.5, 0.6) is 0 Å². The van der Waals surface area contributed by atoms with Gasteiger partial charge in [-0.15, -0.1) is 21.5 Å². The average molecular weight is 349 g/mol. The van der Waals surface area contributed by atoms with Gasteiger partial charge < -0.3 is 4.42 Å². The summed E-state index contributed by atoms with van der Waals surface area (Å²) >= 11 is 1.18. The standard InChI is InChI=1S/C15H15N3O3S2/c1-11-5-2-3-6-12(11)15-18-17-13(21-15)8-9-16-23(19,20)14-7-4-10-22-14/h2-7,10,16H,8-9H2,1H3. The second kappa shape index (κ2) is 6.61. The van der Waals surface area contributed by atoms with Crippen LogP contribution >= 0.6 is 11.3 Å². The molecule has 0 bridgehead atoms. The lowest BCUT2D eigenvalue weighted by atomic mass is 10.1. The number of hydrogen-bond acceptors (Lipinski definition) is 6. The first-order chi connectivity index (χ1) is 11.1. The number of nitrogens with zero attached hydrogens (tertiary/aromatic N) is 2. The highest BCUT2D eigenvalue weighted by Crippen LogP contribution is 2.21. The second-order valence-corrected chi connectivity index (χ2v) is 7.84. The Morgan fingerprint density at radius 2 is 2.00 bits per heavy atom. The third kappa shape index (κ3) is 3.66. The van der Waals surface area contributed by atoms with Crippen molar-refractivity contribution in [1.29, 1.82) is 0 Å². The fourth-order valence-corrected chi connectivity index (χ4v) is 4.13. The summed E-state index contributed by atoms with van der Waals surface area (Å²) in [6.45, 7) is 2.17. The van der Waals surface area contributed by atoms with Crippen LogP contribution in [-0.2, 0) is 16.4 Å². The SMILES string of the molecule is Cc1ccccc1-c1nnc(CCNS(=O)(=O)c2cccs2)o1. The molecule has 3 aromatic rings. The van der Waals surface area contributed by atoms with Crippen LogP contribution in [0.4, 0.5) is 0 Å². The molecule has 0 spiro atoms. The number of aromatic nitrogens is 2. The summed E-state index contributed by atoms with van der Waals surface area (Å²) in [5.41, 5.74) is 1.92. The Morgan fingerprint density at radius 1 is 1.17 bits per heavy atom. The summed E-state index contributed by atoms with van der Waals surface area (Å²) in [5.74, 6) is 0.844. The molecular formula is C15H15N3O3S2. The quantitative estimate of drug-likeness (QED) is 0.739. The summed E-state index contributed by atoms with van der Waals surface area (Å²) in [7, 11) is -3.46. The average Bonchev–Trinajstić information content (AvgIpc) is 3.19. The van der Waals surface area contributed by atoms with Crippen molar-refractivity contribution < 1.29 is 12.8 Å². The van der Waals surface area contributed by atoms with Crippen LogP contribution in [0.15, 0.2) is 50.4 Å². The Bertz CT molecular complexity index is 886. The number of sulfonamides is 1. The maximum absolute atomic E-state index is 12.0. The second-order valence-electron chi connectivity index (χ2n) is 4.90.